The number of carbonyl (C=O) groups is 1. The Hall–Kier alpha value is -3.44. The SMILES string of the molecule is CCc1csc([C@H](Cc2ccc(N)cc2)NC(=O)C(Cc2ccccc2)c2ccccc2)n1. The van der Waals surface area contributed by atoms with Gasteiger partial charge >= 0.3 is 0 Å². The van der Waals surface area contributed by atoms with Crippen LogP contribution in [0.25, 0.3) is 0 Å². The number of aryl methyl sites for hydroxylation is 1. The van der Waals surface area contributed by atoms with Crippen molar-refractivity contribution in [3.8, 4) is 0 Å². The van der Waals surface area contributed by atoms with Gasteiger partial charge in [-0.25, -0.2) is 4.98 Å². The Morgan fingerprint density at radius 2 is 1.55 bits per heavy atom. The van der Waals surface area contributed by atoms with E-state index in [1.54, 1.807) is 11.3 Å². The van der Waals surface area contributed by atoms with E-state index in [1.165, 1.54) is 0 Å². The standard InChI is InChI=1S/C28H29N3OS/c1-2-24-19-33-28(30-24)26(18-21-13-15-23(29)16-14-21)31-27(32)25(22-11-7-4-8-12-22)17-20-9-5-3-6-10-20/h3-16,19,25-26H,2,17-18,29H2,1H3,(H,31,32)/t25?,26-/m0/s1. The molecule has 0 aliphatic heterocycles. The zero-order valence-corrected chi connectivity index (χ0v) is 19.6. The molecule has 0 bridgehead atoms. The molecule has 3 N–H and O–H groups in total. The van der Waals surface area contributed by atoms with Crippen molar-refractivity contribution in [1.82, 2.24) is 10.3 Å². The van der Waals surface area contributed by atoms with E-state index in [2.05, 4.69) is 29.8 Å². The molecule has 2 atom stereocenters. The summed E-state index contributed by atoms with van der Waals surface area (Å²) < 4.78 is 0. The van der Waals surface area contributed by atoms with E-state index in [-0.39, 0.29) is 17.9 Å². The average molecular weight is 456 g/mol. The monoisotopic (exact) mass is 455 g/mol. The van der Waals surface area contributed by atoms with Crippen LogP contribution in [0.15, 0.2) is 90.3 Å². The van der Waals surface area contributed by atoms with E-state index >= 15 is 0 Å². The zero-order valence-electron chi connectivity index (χ0n) is 18.8. The molecule has 168 valence electrons. The fourth-order valence-corrected chi connectivity index (χ4v) is 4.86. The van der Waals surface area contributed by atoms with Crippen molar-refractivity contribution in [2.75, 3.05) is 5.73 Å². The van der Waals surface area contributed by atoms with Gasteiger partial charge in [0.1, 0.15) is 5.01 Å². The number of rotatable bonds is 9. The maximum Gasteiger partial charge on any atom is 0.228 e. The number of nitrogen functional groups attached to an aromatic ring is 1. The Balaban J connectivity index is 1.61. The number of benzene rings is 3. The molecule has 1 aromatic heterocycles. The Bertz CT molecular complexity index is 1160. The van der Waals surface area contributed by atoms with Gasteiger partial charge in [-0.1, -0.05) is 79.7 Å². The second-order valence-electron chi connectivity index (χ2n) is 8.19. The highest BCUT2D eigenvalue weighted by atomic mass is 32.1. The molecule has 33 heavy (non-hydrogen) atoms. The first-order chi connectivity index (χ1) is 16.1. The van der Waals surface area contributed by atoms with Crippen LogP contribution in [0.3, 0.4) is 0 Å². The number of aromatic nitrogens is 1. The lowest BCUT2D eigenvalue weighted by Crippen LogP contribution is -2.35. The van der Waals surface area contributed by atoms with Crippen LogP contribution in [-0.2, 0) is 24.1 Å². The van der Waals surface area contributed by atoms with Crippen LogP contribution >= 0.6 is 11.3 Å². The summed E-state index contributed by atoms with van der Waals surface area (Å²) in [5.74, 6) is -0.271. The molecule has 0 radical (unpaired) electrons. The smallest absolute Gasteiger partial charge is 0.228 e. The third-order valence-corrected chi connectivity index (χ3v) is 6.77. The Kier molecular flexibility index (Phi) is 7.53. The average Bonchev–Trinajstić information content (AvgIpc) is 3.34. The molecule has 0 aliphatic rings. The maximum absolute atomic E-state index is 13.7. The van der Waals surface area contributed by atoms with Gasteiger partial charge in [-0.3, -0.25) is 4.79 Å². The first-order valence-corrected chi connectivity index (χ1v) is 12.2. The summed E-state index contributed by atoms with van der Waals surface area (Å²) >= 11 is 1.61. The van der Waals surface area contributed by atoms with Crippen molar-refractivity contribution in [2.45, 2.75) is 38.1 Å². The summed E-state index contributed by atoms with van der Waals surface area (Å²) in [5, 5.41) is 6.34. The highest BCUT2D eigenvalue weighted by molar-refractivity contribution is 7.09. The lowest BCUT2D eigenvalue weighted by atomic mass is 9.90. The minimum atomic E-state index is -0.284. The number of amides is 1. The molecule has 1 heterocycles. The van der Waals surface area contributed by atoms with Gasteiger partial charge in [-0.15, -0.1) is 11.3 Å². The molecule has 4 nitrogen and oxygen atoms in total. The number of thiazole rings is 1. The van der Waals surface area contributed by atoms with Crippen LogP contribution in [0, 0.1) is 0 Å². The van der Waals surface area contributed by atoms with Crippen molar-refractivity contribution in [1.29, 1.82) is 0 Å². The quantitative estimate of drug-likeness (QED) is 0.318. The first-order valence-electron chi connectivity index (χ1n) is 11.3. The molecule has 0 aliphatic carbocycles. The van der Waals surface area contributed by atoms with Crippen LogP contribution in [-0.4, -0.2) is 10.9 Å². The Morgan fingerprint density at radius 1 is 0.909 bits per heavy atom. The van der Waals surface area contributed by atoms with E-state index in [0.717, 1.165) is 39.5 Å². The summed E-state index contributed by atoms with van der Waals surface area (Å²) in [4.78, 5) is 18.5. The van der Waals surface area contributed by atoms with Gasteiger partial charge in [0.25, 0.3) is 0 Å². The van der Waals surface area contributed by atoms with E-state index in [9.17, 15) is 4.79 Å². The van der Waals surface area contributed by atoms with Crippen molar-refractivity contribution in [3.63, 3.8) is 0 Å². The molecule has 0 spiro atoms. The molecule has 3 aromatic carbocycles. The van der Waals surface area contributed by atoms with Gasteiger partial charge in [-0.05, 0) is 48.1 Å². The number of hydrogen-bond donors (Lipinski definition) is 2. The number of nitrogens with zero attached hydrogens (tertiary/aromatic N) is 1. The third kappa shape index (κ3) is 6.08. The Morgan fingerprint density at radius 3 is 2.18 bits per heavy atom. The molecule has 0 saturated carbocycles. The lowest BCUT2D eigenvalue weighted by molar-refractivity contribution is -0.123. The number of anilines is 1. The van der Waals surface area contributed by atoms with Crippen molar-refractivity contribution in [2.24, 2.45) is 0 Å². The predicted molar refractivity (Wildman–Crippen MR) is 136 cm³/mol. The van der Waals surface area contributed by atoms with Crippen LogP contribution in [0.2, 0.25) is 0 Å². The molecular weight excluding hydrogens is 426 g/mol. The van der Waals surface area contributed by atoms with E-state index in [4.69, 9.17) is 10.7 Å². The van der Waals surface area contributed by atoms with Crippen LogP contribution in [0.1, 0.15) is 46.3 Å². The summed E-state index contributed by atoms with van der Waals surface area (Å²) in [6.45, 7) is 2.09. The molecule has 1 unspecified atom stereocenters. The third-order valence-electron chi connectivity index (χ3n) is 5.77. The summed E-state index contributed by atoms with van der Waals surface area (Å²) in [5.41, 5.74) is 10.9. The first kappa shape index (κ1) is 22.7. The largest absolute Gasteiger partial charge is 0.399 e. The number of carbonyl (C=O) groups excluding carboxylic acids is 1. The molecule has 0 fully saturated rings. The lowest BCUT2D eigenvalue weighted by Gasteiger charge is -2.22. The number of hydrogen-bond acceptors (Lipinski definition) is 4. The summed E-state index contributed by atoms with van der Waals surface area (Å²) in [6, 6.07) is 27.8. The van der Waals surface area contributed by atoms with Crippen molar-refractivity contribution < 1.29 is 4.79 Å². The summed E-state index contributed by atoms with van der Waals surface area (Å²) in [6.07, 6.45) is 2.18. The normalized spacial score (nSPS) is 12.8. The molecule has 4 rings (SSSR count). The second kappa shape index (κ2) is 10.9. The minimum absolute atomic E-state index is 0.0127. The van der Waals surface area contributed by atoms with Crippen molar-refractivity contribution in [3.05, 3.63) is 118 Å². The predicted octanol–water partition coefficient (Wildman–Crippen LogP) is 5.71. The fourth-order valence-electron chi connectivity index (χ4n) is 3.90. The van der Waals surface area contributed by atoms with Crippen molar-refractivity contribution >= 4 is 22.9 Å². The minimum Gasteiger partial charge on any atom is -0.399 e. The zero-order chi connectivity index (χ0) is 23.0. The topological polar surface area (TPSA) is 68.0 Å². The van der Waals surface area contributed by atoms with Gasteiger partial charge in [0.15, 0.2) is 0 Å². The molecule has 1 amide bonds. The van der Waals surface area contributed by atoms with Gasteiger partial charge in [0.05, 0.1) is 17.7 Å². The second-order valence-corrected chi connectivity index (χ2v) is 9.08. The Labute approximate surface area is 199 Å². The highest BCUT2D eigenvalue weighted by Gasteiger charge is 2.26. The number of nitrogens with one attached hydrogen (secondary N) is 1. The summed E-state index contributed by atoms with van der Waals surface area (Å²) in [7, 11) is 0. The van der Waals surface area contributed by atoms with Crippen LogP contribution < -0.4 is 11.1 Å². The van der Waals surface area contributed by atoms with E-state index < -0.39 is 0 Å². The highest BCUT2D eigenvalue weighted by Crippen LogP contribution is 2.27. The van der Waals surface area contributed by atoms with Gasteiger partial charge < -0.3 is 11.1 Å². The van der Waals surface area contributed by atoms with Crippen LogP contribution in [0.4, 0.5) is 5.69 Å². The molecule has 5 heteroatoms. The van der Waals surface area contributed by atoms with Crippen LogP contribution in [0.5, 0.6) is 0 Å². The van der Waals surface area contributed by atoms with Gasteiger partial charge in [-0.2, -0.15) is 0 Å². The molecule has 4 aromatic rings. The van der Waals surface area contributed by atoms with Gasteiger partial charge in [0, 0.05) is 11.1 Å². The van der Waals surface area contributed by atoms with E-state index in [1.807, 2.05) is 72.8 Å². The maximum atomic E-state index is 13.7. The molecular formula is C28H29N3OS. The van der Waals surface area contributed by atoms with Gasteiger partial charge in [0.2, 0.25) is 5.91 Å². The van der Waals surface area contributed by atoms with E-state index in [0.29, 0.717) is 12.8 Å². The molecule has 0 saturated heterocycles. The number of nitrogens with two attached hydrogens (primary N) is 1. The fraction of sp³-hybridized carbons (Fsp3) is 0.214.